The van der Waals surface area contributed by atoms with E-state index in [1.807, 2.05) is 12.1 Å². The van der Waals surface area contributed by atoms with Gasteiger partial charge >= 0.3 is 0 Å². The number of amides is 1. The van der Waals surface area contributed by atoms with Crippen LogP contribution >= 0.6 is 0 Å². The van der Waals surface area contributed by atoms with Crippen LogP contribution in [0.5, 0.6) is 0 Å². The Balaban J connectivity index is 1.56. The molecule has 2 saturated heterocycles. The number of nitrogens with zero attached hydrogens (tertiary/aromatic N) is 4. The minimum absolute atomic E-state index is 0.0908. The van der Waals surface area contributed by atoms with Gasteiger partial charge in [0.15, 0.2) is 0 Å². The molecule has 0 bridgehead atoms. The minimum atomic E-state index is -0.142. The van der Waals surface area contributed by atoms with Crippen LogP contribution in [0.1, 0.15) is 24.8 Å². The Morgan fingerprint density at radius 2 is 1.89 bits per heavy atom. The zero-order chi connectivity index (χ0) is 20.1. The third-order valence-electron chi connectivity index (χ3n) is 6.23. The van der Waals surface area contributed by atoms with Gasteiger partial charge in [-0.3, -0.25) is 9.69 Å². The molecule has 28 heavy (non-hydrogen) atoms. The van der Waals surface area contributed by atoms with E-state index in [2.05, 4.69) is 40.7 Å². The van der Waals surface area contributed by atoms with Crippen molar-refractivity contribution in [1.82, 2.24) is 19.6 Å². The Hall–Kier alpha value is -1.50. The molecular formula is C22H35FN4O. The first-order valence-corrected chi connectivity index (χ1v) is 10.5. The molecule has 156 valence electrons. The number of benzene rings is 1. The SMILES string of the molecule is CN1C[C@H](C(=O)N2CCCN(Cc3ccccc3F)CC2)CC[C@H](N(C)C)C1. The summed E-state index contributed by atoms with van der Waals surface area (Å²) < 4.78 is 14.0. The highest BCUT2D eigenvalue weighted by Crippen LogP contribution is 2.21. The summed E-state index contributed by atoms with van der Waals surface area (Å²) in [6.07, 6.45) is 2.98. The number of likely N-dealkylation sites (N-methyl/N-ethyl adjacent to an activating group) is 2. The summed E-state index contributed by atoms with van der Waals surface area (Å²) in [6, 6.07) is 7.50. The van der Waals surface area contributed by atoms with Crippen LogP contribution in [0, 0.1) is 11.7 Å². The minimum Gasteiger partial charge on any atom is -0.341 e. The number of carbonyl (C=O) groups is 1. The maximum absolute atomic E-state index is 14.0. The molecule has 2 heterocycles. The van der Waals surface area contributed by atoms with E-state index in [1.165, 1.54) is 6.07 Å². The van der Waals surface area contributed by atoms with Gasteiger partial charge in [-0.25, -0.2) is 4.39 Å². The zero-order valence-electron chi connectivity index (χ0n) is 17.6. The summed E-state index contributed by atoms with van der Waals surface area (Å²) >= 11 is 0. The van der Waals surface area contributed by atoms with Gasteiger partial charge in [0.05, 0.1) is 5.92 Å². The Morgan fingerprint density at radius 3 is 2.64 bits per heavy atom. The van der Waals surface area contributed by atoms with Crippen molar-refractivity contribution in [2.45, 2.75) is 31.8 Å². The van der Waals surface area contributed by atoms with E-state index >= 15 is 0 Å². The Kier molecular flexibility index (Phi) is 7.43. The molecule has 2 fully saturated rings. The maximum atomic E-state index is 14.0. The summed E-state index contributed by atoms with van der Waals surface area (Å²) in [4.78, 5) is 22.1. The van der Waals surface area contributed by atoms with Gasteiger partial charge in [-0.1, -0.05) is 18.2 Å². The van der Waals surface area contributed by atoms with Gasteiger partial charge in [0.25, 0.3) is 0 Å². The van der Waals surface area contributed by atoms with Crippen LogP contribution in [0.15, 0.2) is 24.3 Å². The summed E-state index contributed by atoms with van der Waals surface area (Å²) in [5.74, 6) is 0.253. The van der Waals surface area contributed by atoms with Crippen molar-refractivity contribution in [3.05, 3.63) is 35.6 Å². The number of halogens is 1. The molecule has 1 aromatic carbocycles. The van der Waals surface area contributed by atoms with Crippen LogP contribution < -0.4 is 0 Å². The van der Waals surface area contributed by atoms with E-state index in [-0.39, 0.29) is 11.7 Å². The van der Waals surface area contributed by atoms with E-state index in [1.54, 1.807) is 6.07 Å². The van der Waals surface area contributed by atoms with Crippen molar-refractivity contribution in [2.75, 3.05) is 60.4 Å². The second-order valence-electron chi connectivity index (χ2n) is 8.66. The largest absolute Gasteiger partial charge is 0.341 e. The molecule has 2 aliphatic rings. The monoisotopic (exact) mass is 390 g/mol. The molecule has 2 atom stereocenters. The first-order valence-electron chi connectivity index (χ1n) is 10.5. The highest BCUT2D eigenvalue weighted by Gasteiger charge is 2.31. The molecule has 1 aromatic rings. The van der Waals surface area contributed by atoms with Crippen LogP contribution in [-0.4, -0.2) is 92.0 Å². The molecule has 0 N–H and O–H groups in total. The van der Waals surface area contributed by atoms with Gasteiger partial charge in [0.1, 0.15) is 5.82 Å². The zero-order valence-corrected chi connectivity index (χ0v) is 17.6. The number of hydrogen-bond donors (Lipinski definition) is 0. The normalized spacial score (nSPS) is 25.5. The molecule has 3 rings (SSSR count). The van der Waals surface area contributed by atoms with Crippen LogP contribution in [0.25, 0.3) is 0 Å². The smallest absolute Gasteiger partial charge is 0.227 e. The predicted molar refractivity (Wildman–Crippen MR) is 111 cm³/mol. The first kappa shape index (κ1) is 21.2. The van der Waals surface area contributed by atoms with Crippen molar-refractivity contribution in [3.63, 3.8) is 0 Å². The third-order valence-corrected chi connectivity index (χ3v) is 6.23. The van der Waals surface area contributed by atoms with Gasteiger partial charge < -0.3 is 14.7 Å². The molecule has 0 unspecified atom stereocenters. The Labute approximate surface area is 169 Å². The van der Waals surface area contributed by atoms with Crippen LogP contribution in [0.2, 0.25) is 0 Å². The van der Waals surface area contributed by atoms with E-state index < -0.39 is 0 Å². The van der Waals surface area contributed by atoms with Crippen molar-refractivity contribution in [2.24, 2.45) is 5.92 Å². The van der Waals surface area contributed by atoms with Gasteiger partial charge in [0.2, 0.25) is 5.91 Å². The van der Waals surface area contributed by atoms with Gasteiger partial charge in [-0.2, -0.15) is 0 Å². The summed E-state index contributed by atoms with van der Waals surface area (Å²) in [5, 5.41) is 0. The van der Waals surface area contributed by atoms with Gasteiger partial charge in [-0.15, -0.1) is 0 Å². The number of rotatable bonds is 4. The average Bonchev–Trinajstić information content (AvgIpc) is 3.01. The van der Waals surface area contributed by atoms with Crippen LogP contribution in [0.4, 0.5) is 4.39 Å². The van der Waals surface area contributed by atoms with Crippen LogP contribution in [-0.2, 0) is 11.3 Å². The molecule has 0 aromatic heterocycles. The summed E-state index contributed by atoms with van der Waals surface area (Å²) in [5.41, 5.74) is 0.738. The van der Waals surface area contributed by atoms with Gasteiger partial charge in [-0.05, 0) is 46.5 Å². The third kappa shape index (κ3) is 5.52. The topological polar surface area (TPSA) is 30.0 Å². The van der Waals surface area contributed by atoms with E-state index in [0.717, 1.165) is 64.1 Å². The second-order valence-corrected chi connectivity index (χ2v) is 8.66. The van der Waals surface area contributed by atoms with Crippen molar-refractivity contribution in [1.29, 1.82) is 0 Å². The number of carbonyl (C=O) groups excluding carboxylic acids is 1. The number of likely N-dealkylation sites (tertiary alicyclic amines) is 1. The lowest BCUT2D eigenvalue weighted by molar-refractivity contribution is -0.136. The molecule has 6 heteroatoms. The fraction of sp³-hybridized carbons (Fsp3) is 0.682. The highest BCUT2D eigenvalue weighted by molar-refractivity contribution is 5.79. The van der Waals surface area contributed by atoms with E-state index in [9.17, 15) is 9.18 Å². The predicted octanol–water partition coefficient (Wildman–Crippen LogP) is 2.13. The first-order chi connectivity index (χ1) is 13.4. The standard InChI is InChI=1S/C22H35FN4O/c1-24(2)20-10-9-19(15-25(3)17-20)22(28)27-12-6-11-26(13-14-27)16-18-7-4-5-8-21(18)23/h4-5,7-8,19-20H,6,9-17H2,1-3H3/t19-,20+/m1/s1. The molecule has 0 spiro atoms. The molecule has 0 aliphatic carbocycles. The van der Waals surface area contributed by atoms with Crippen LogP contribution in [0.3, 0.4) is 0 Å². The van der Waals surface area contributed by atoms with Crippen molar-refractivity contribution < 1.29 is 9.18 Å². The summed E-state index contributed by atoms with van der Waals surface area (Å²) in [6.45, 7) is 5.75. The van der Waals surface area contributed by atoms with E-state index in [0.29, 0.717) is 18.5 Å². The molecule has 1 amide bonds. The fourth-order valence-electron chi connectivity index (χ4n) is 4.48. The lowest BCUT2D eigenvalue weighted by Gasteiger charge is -2.27. The quantitative estimate of drug-likeness (QED) is 0.788. The lowest BCUT2D eigenvalue weighted by Crippen LogP contribution is -2.42. The Morgan fingerprint density at radius 1 is 1.11 bits per heavy atom. The highest BCUT2D eigenvalue weighted by atomic mass is 19.1. The van der Waals surface area contributed by atoms with Gasteiger partial charge in [0, 0.05) is 57.4 Å². The maximum Gasteiger partial charge on any atom is 0.227 e. The lowest BCUT2D eigenvalue weighted by atomic mass is 10.00. The van der Waals surface area contributed by atoms with Crippen molar-refractivity contribution in [3.8, 4) is 0 Å². The molecule has 5 nitrogen and oxygen atoms in total. The van der Waals surface area contributed by atoms with Crippen molar-refractivity contribution >= 4 is 5.91 Å². The average molecular weight is 391 g/mol. The Bertz CT molecular complexity index is 653. The molecule has 0 radical (unpaired) electrons. The molecule has 0 saturated carbocycles. The fourth-order valence-corrected chi connectivity index (χ4v) is 4.48. The molecular weight excluding hydrogens is 355 g/mol. The molecule has 2 aliphatic heterocycles. The summed E-state index contributed by atoms with van der Waals surface area (Å²) in [7, 11) is 6.37. The second kappa shape index (κ2) is 9.81. The number of hydrogen-bond acceptors (Lipinski definition) is 4. The van der Waals surface area contributed by atoms with E-state index in [4.69, 9.17) is 0 Å².